The van der Waals surface area contributed by atoms with Crippen LogP contribution in [0.2, 0.25) is 0 Å². The molecule has 0 spiro atoms. The van der Waals surface area contributed by atoms with Crippen molar-refractivity contribution in [3.05, 3.63) is 52.9 Å². The number of pyridine rings is 1. The van der Waals surface area contributed by atoms with Gasteiger partial charge in [-0.1, -0.05) is 30.2 Å². The number of ether oxygens (including phenoxy) is 1. The number of aromatic nitrogens is 3. The van der Waals surface area contributed by atoms with E-state index in [0.717, 1.165) is 34.8 Å². The maximum Gasteiger partial charge on any atom is 0.276 e. The van der Waals surface area contributed by atoms with Crippen molar-refractivity contribution in [1.29, 1.82) is 0 Å². The first-order chi connectivity index (χ1) is 14.1. The van der Waals surface area contributed by atoms with Gasteiger partial charge in [-0.3, -0.25) is 4.79 Å². The van der Waals surface area contributed by atoms with Gasteiger partial charge < -0.3 is 18.7 Å². The third-order valence-corrected chi connectivity index (χ3v) is 5.09. The predicted octanol–water partition coefficient (Wildman–Crippen LogP) is 3.37. The Kier molecular flexibility index (Phi) is 5.44. The topological polar surface area (TPSA) is 94.5 Å². The molecule has 1 atom stereocenters. The van der Waals surface area contributed by atoms with Gasteiger partial charge in [0.2, 0.25) is 0 Å². The van der Waals surface area contributed by atoms with Gasteiger partial charge in [0.15, 0.2) is 5.69 Å². The van der Waals surface area contributed by atoms with Gasteiger partial charge in [-0.05, 0) is 19.1 Å². The number of amides is 1. The van der Waals surface area contributed by atoms with E-state index in [4.69, 9.17) is 18.8 Å². The van der Waals surface area contributed by atoms with Crippen LogP contribution in [-0.4, -0.2) is 45.8 Å². The molecule has 3 aromatic rings. The van der Waals surface area contributed by atoms with E-state index in [-0.39, 0.29) is 12.0 Å². The Bertz CT molecular complexity index is 1010. The third kappa shape index (κ3) is 3.80. The molecule has 1 aliphatic rings. The Morgan fingerprint density at radius 3 is 2.83 bits per heavy atom. The van der Waals surface area contributed by atoms with E-state index >= 15 is 0 Å². The number of morpholine rings is 1. The Balaban J connectivity index is 1.55. The fourth-order valence-corrected chi connectivity index (χ4v) is 3.51. The van der Waals surface area contributed by atoms with Gasteiger partial charge in [-0.2, -0.15) is 0 Å². The van der Waals surface area contributed by atoms with Gasteiger partial charge in [0, 0.05) is 25.5 Å². The second kappa shape index (κ2) is 8.16. The fourth-order valence-electron chi connectivity index (χ4n) is 3.51. The molecule has 29 heavy (non-hydrogen) atoms. The highest BCUT2D eigenvalue weighted by atomic mass is 16.5. The lowest BCUT2D eigenvalue weighted by atomic mass is 10.1. The van der Waals surface area contributed by atoms with E-state index in [1.807, 2.05) is 39.0 Å². The predicted molar refractivity (Wildman–Crippen MR) is 104 cm³/mol. The molecule has 1 amide bonds. The molecule has 8 nitrogen and oxygen atoms in total. The molecule has 1 aliphatic heterocycles. The Hall–Kier alpha value is -3.00. The molecule has 0 bridgehead atoms. The number of carbonyl (C=O) groups is 1. The largest absolute Gasteiger partial charge is 0.368 e. The molecule has 8 heteroatoms. The van der Waals surface area contributed by atoms with Crippen molar-refractivity contribution in [3.63, 3.8) is 0 Å². The molecule has 1 saturated heterocycles. The molecule has 3 aromatic heterocycles. The van der Waals surface area contributed by atoms with Gasteiger partial charge in [-0.25, -0.2) is 4.98 Å². The molecule has 0 N–H and O–H groups in total. The average molecular weight is 396 g/mol. The van der Waals surface area contributed by atoms with Crippen LogP contribution in [0.5, 0.6) is 0 Å². The maximum absolute atomic E-state index is 12.8. The molecule has 0 aliphatic carbocycles. The van der Waals surface area contributed by atoms with Crippen molar-refractivity contribution in [2.45, 2.75) is 39.7 Å². The van der Waals surface area contributed by atoms with Crippen molar-refractivity contribution in [1.82, 2.24) is 20.2 Å². The Morgan fingerprint density at radius 2 is 2.07 bits per heavy atom. The summed E-state index contributed by atoms with van der Waals surface area (Å²) in [5.41, 5.74) is 3.64. The summed E-state index contributed by atoms with van der Waals surface area (Å²) in [5, 5.41) is 7.97. The highest BCUT2D eigenvalue weighted by Crippen LogP contribution is 2.29. The third-order valence-electron chi connectivity index (χ3n) is 5.09. The number of hydrogen-bond donors (Lipinski definition) is 0. The molecular formula is C21H24N4O4. The lowest BCUT2D eigenvalue weighted by molar-refractivity contribution is -0.0249. The number of aryl methyl sites for hydroxylation is 3. The van der Waals surface area contributed by atoms with Crippen LogP contribution in [0.3, 0.4) is 0 Å². The van der Waals surface area contributed by atoms with Crippen molar-refractivity contribution in [2.75, 3.05) is 19.7 Å². The smallest absolute Gasteiger partial charge is 0.276 e. The van der Waals surface area contributed by atoms with Gasteiger partial charge in [0.1, 0.15) is 17.6 Å². The molecule has 4 heterocycles. The number of rotatable bonds is 5. The van der Waals surface area contributed by atoms with E-state index in [1.54, 1.807) is 11.0 Å². The minimum absolute atomic E-state index is 0.152. The highest BCUT2D eigenvalue weighted by Gasteiger charge is 2.29. The van der Waals surface area contributed by atoms with Gasteiger partial charge in [0.05, 0.1) is 35.8 Å². The minimum Gasteiger partial charge on any atom is -0.368 e. The van der Waals surface area contributed by atoms with Gasteiger partial charge in [0.25, 0.3) is 5.91 Å². The normalized spacial score (nSPS) is 16.9. The lowest BCUT2D eigenvalue weighted by Crippen LogP contribution is -2.42. The average Bonchev–Trinajstić information content (AvgIpc) is 3.39. The van der Waals surface area contributed by atoms with Crippen LogP contribution in [0.1, 0.15) is 53.3 Å². The highest BCUT2D eigenvalue weighted by molar-refractivity contribution is 5.92. The first-order valence-electron chi connectivity index (χ1n) is 9.89. The maximum atomic E-state index is 12.8. The SMILES string of the molecule is CCc1cc(C(=O)N2CCO[C@H](c3cccc(-c4c(C)noc4CC)n3)C2)no1. The molecular weight excluding hydrogens is 372 g/mol. The zero-order chi connectivity index (χ0) is 20.4. The molecule has 0 aromatic carbocycles. The monoisotopic (exact) mass is 396 g/mol. The van der Waals surface area contributed by atoms with Crippen molar-refractivity contribution < 1.29 is 18.6 Å². The van der Waals surface area contributed by atoms with Crippen LogP contribution in [0.4, 0.5) is 0 Å². The Morgan fingerprint density at radius 1 is 1.21 bits per heavy atom. The van der Waals surface area contributed by atoms with Crippen LogP contribution in [-0.2, 0) is 17.6 Å². The Labute approximate surface area is 168 Å². The summed E-state index contributed by atoms with van der Waals surface area (Å²) < 4.78 is 16.5. The molecule has 0 unspecified atom stereocenters. The summed E-state index contributed by atoms with van der Waals surface area (Å²) in [4.78, 5) is 19.3. The van der Waals surface area contributed by atoms with Crippen LogP contribution < -0.4 is 0 Å². The molecule has 4 rings (SSSR count). The molecule has 1 fully saturated rings. The van der Waals surface area contributed by atoms with Crippen LogP contribution in [0.25, 0.3) is 11.3 Å². The standard InChI is InChI=1S/C21H24N4O4/c1-4-14-11-17(24-28-14)21(26)25-9-10-27-19(12-25)15-7-6-8-16(22-15)20-13(3)23-29-18(20)5-2/h6-8,11,19H,4-5,9-10,12H2,1-3H3/t19-/m0/s1. The molecule has 0 radical (unpaired) electrons. The molecule has 152 valence electrons. The van der Waals surface area contributed by atoms with Gasteiger partial charge >= 0.3 is 0 Å². The van der Waals surface area contributed by atoms with Gasteiger partial charge in [-0.15, -0.1) is 0 Å². The summed E-state index contributed by atoms with van der Waals surface area (Å²) in [6, 6.07) is 7.50. The lowest BCUT2D eigenvalue weighted by Gasteiger charge is -2.32. The first kappa shape index (κ1) is 19.3. The second-order valence-corrected chi connectivity index (χ2v) is 7.01. The summed E-state index contributed by atoms with van der Waals surface area (Å²) in [6.07, 6.45) is 1.13. The van der Waals surface area contributed by atoms with Crippen molar-refractivity contribution >= 4 is 5.91 Å². The summed E-state index contributed by atoms with van der Waals surface area (Å²) in [7, 11) is 0. The van der Waals surface area contributed by atoms with Crippen molar-refractivity contribution in [3.8, 4) is 11.3 Å². The van der Waals surface area contributed by atoms with Crippen LogP contribution >= 0.6 is 0 Å². The number of hydrogen-bond acceptors (Lipinski definition) is 7. The van der Waals surface area contributed by atoms with Crippen LogP contribution in [0, 0.1) is 6.92 Å². The zero-order valence-corrected chi connectivity index (χ0v) is 16.8. The van der Waals surface area contributed by atoms with E-state index in [2.05, 4.69) is 10.3 Å². The van der Waals surface area contributed by atoms with Crippen LogP contribution in [0.15, 0.2) is 33.3 Å². The summed E-state index contributed by atoms with van der Waals surface area (Å²) in [6.45, 7) is 7.24. The van der Waals surface area contributed by atoms with E-state index in [9.17, 15) is 4.79 Å². The van der Waals surface area contributed by atoms with E-state index in [1.165, 1.54) is 0 Å². The minimum atomic E-state index is -0.310. The summed E-state index contributed by atoms with van der Waals surface area (Å²) >= 11 is 0. The quantitative estimate of drug-likeness (QED) is 0.652. The van der Waals surface area contributed by atoms with E-state index in [0.29, 0.717) is 37.6 Å². The fraction of sp³-hybridized carbons (Fsp3) is 0.429. The molecule has 0 saturated carbocycles. The summed E-state index contributed by atoms with van der Waals surface area (Å²) in [5.74, 6) is 1.36. The van der Waals surface area contributed by atoms with Crippen molar-refractivity contribution in [2.24, 2.45) is 0 Å². The zero-order valence-electron chi connectivity index (χ0n) is 16.8. The number of nitrogens with zero attached hydrogens (tertiary/aromatic N) is 4. The number of carbonyl (C=O) groups excluding carboxylic acids is 1. The second-order valence-electron chi connectivity index (χ2n) is 7.01. The van der Waals surface area contributed by atoms with E-state index < -0.39 is 0 Å². The first-order valence-corrected chi connectivity index (χ1v) is 9.89.